The molecule has 1 unspecified atom stereocenters. The van der Waals surface area contributed by atoms with E-state index in [1.54, 1.807) is 6.07 Å². The second kappa shape index (κ2) is 9.06. The minimum atomic E-state index is -1.04. The third kappa shape index (κ3) is 4.00. The molecule has 0 amide bonds. The molecule has 0 saturated heterocycles. The van der Waals surface area contributed by atoms with Gasteiger partial charge in [0.1, 0.15) is 0 Å². The summed E-state index contributed by atoms with van der Waals surface area (Å²) in [5.74, 6) is -3.73. The van der Waals surface area contributed by atoms with Gasteiger partial charge in [-0.15, -0.1) is 0 Å². The molecule has 0 spiro atoms. The lowest BCUT2D eigenvalue weighted by Gasteiger charge is -2.19. The number of fused-ring (bicyclic) bond motifs is 2. The van der Waals surface area contributed by atoms with Crippen LogP contribution in [0.5, 0.6) is 0 Å². The molecule has 32 heavy (non-hydrogen) atoms. The first-order chi connectivity index (χ1) is 15.5. The fraction of sp³-hybridized carbons (Fsp3) is 0.143. The minimum absolute atomic E-state index is 0.0409. The molecular formula is C28H22O4. The van der Waals surface area contributed by atoms with E-state index in [4.69, 9.17) is 0 Å². The Bertz CT molecular complexity index is 1360. The lowest BCUT2D eigenvalue weighted by atomic mass is 9.82. The van der Waals surface area contributed by atoms with Crippen molar-refractivity contribution in [2.45, 2.75) is 25.7 Å². The van der Waals surface area contributed by atoms with E-state index in [9.17, 15) is 19.2 Å². The first kappa shape index (κ1) is 21.3. The summed E-state index contributed by atoms with van der Waals surface area (Å²) in [4.78, 5) is 50.7. The molecule has 0 aliphatic heterocycles. The van der Waals surface area contributed by atoms with Crippen LogP contribution in [0.3, 0.4) is 0 Å². The highest BCUT2D eigenvalue weighted by atomic mass is 16.2. The van der Waals surface area contributed by atoms with Crippen molar-refractivity contribution in [3.05, 3.63) is 96.1 Å². The van der Waals surface area contributed by atoms with Crippen molar-refractivity contribution in [3.8, 4) is 0 Å². The largest absolute Gasteiger partial charge is 0.293 e. The number of Topliss-reactive ketones (excluding diaryl/α,β-unsaturated/α-hetero) is 4. The van der Waals surface area contributed by atoms with Crippen LogP contribution in [0.1, 0.15) is 41.6 Å². The smallest absolute Gasteiger partial charge is 0.264 e. The lowest BCUT2D eigenvalue weighted by molar-refractivity contribution is -0.144. The fourth-order valence-corrected chi connectivity index (χ4v) is 4.12. The molecule has 0 heterocycles. The van der Waals surface area contributed by atoms with Crippen LogP contribution < -0.4 is 0 Å². The Morgan fingerprint density at radius 3 is 1.91 bits per heavy atom. The maximum Gasteiger partial charge on any atom is 0.264 e. The second-order valence-corrected chi connectivity index (χ2v) is 7.75. The Hall–Kier alpha value is -3.92. The highest BCUT2D eigenvalue weighted by Gasteiger charge is 2.31. The molecule has 158 valence electrons. The monoisotopic (exact) mass is 422 g/mol. The maximum atomic E-state index is 13.9. The van der Waals surface area contributed by atoms with Crippen LogP contribution in [0.4, 0.5) is 0 Å². The van der Waals surface area contributed by atoms with E-state index in [0.29, 0.717) is 11.1 Å². The Kier molecular flexibility index (Phi) is 6.04. The zero-order chi connectivity index (χ0) is 22.7. The number of ketones is 4. The van der Waals surface area contributed by atoms with Gasteiger partial charge >= 0.3 is 0 Å². The predicted octanol–water partition coefficient (Wildman–Crippen LogP) is 5.47. The molecule has 0 aliphatic rings. The van der Waals surface area contributed by atoms with Crippen molar-refractivity contribution < 1.29 is 19.2 Å². The summed E-state index contributed by atoms with van der Waals surface area (Å²) in [6, 6.07) is 26.2. The molecule has 0 radical (unpaired) electrons. The summed E-state index contributed by atoms with van der Waals surface area (Å²) in [5.41, 5.74) is 1.16. The Morgan fingerprint density at radius 1 is 0.656 bits per heavy atom. The van der Waals surface area contributed by atoms with Crippen LogP contribution in [0.25, 0.3) is 21.5 Å². The molecule has 0 fully saturated rings. The van der Waals surface area contributed by atoms with Gasteiger partial charge in [-0.25, -0.2) is 0 Å². The van der Waals surface area contributed by atoms with Crippen LogP contribution in [0.2, 0.25) is 0 Å². The van der Waals surface area contributed by atoms with Gasteiger partial charge in [-0.05, 0) is 27.1 Å². The van der Waals surface area contributed by atoms with Gasteiger partial charge < -0.3 is 0 Å². The molecule has 0 saturated carbocycles. The van der Waals surface area contributed by atoms with Crippen molar-refractivity contribution in [2.24, 2.45) is 0 Å². The van der Waals surface area contributed by atoms with Crippen molar-refractivity contribution in [3.63, 3.8) is 0 Å². The van der Waals surface area contributed by atoms with Gasteiger partial charge in [-0.3, -0.25) is 19.2 Å². The Morgan fingerprint density at radius 2 is 1.22 bits per heavy atom. The van der Waals surface area contributed by atoms with Crippen molar-refractivity contribution in [1.29, 1.82) is 0 Å². The quantitative estimate of drug-likeness (QED) is 0.215. The van der Waals surface area contributed by atoms with Crippen molar-refractivity contribution in [2.75, 3.05) is 0 Å². The number of carbonyl (C=O) groups is 4. The van der Waals surface area contributed by atoms with E-state index >= 15 is 0 Å². The summed E-state index contributed by atoms with van der Waals surface area (Å²) in [5, 5.41) is 3.48. The van der Waals surface area contributed by atoms with Gasteiger partial charge in [0.05, 0.1) is 5.92 Å². The van der Waals surface area contributed by atoms with Gasteiger partial charge in [-0.1, -0.05) is 91.9 Å². The van der Waals surface area contributed by atoms with E-state index < -0.39 is 23.3 Å². The summed E-state index contributed by atoms with van der Waals surface area (Å²) >= 11 is 0. The number of hydrogen-bond donors (Lipinski definition) is 0. The van der Waals surface area contributed by atoms with Crippen LogP contribution >= 0.6 is 0 Å². The molecule has 4 heteroatoms. The zero-order valence-corrected chi connectivity index (χ0v) is 17.7. The molecule has 0 aromatic heterocycles. The van der Waals surface area contributed by atoms with Gasteiger partial charge in [0.2, 0.25) is 11.6 Å². The normalized spacial score (nSPS) is 11.9. The van der Waals surface area contributed by atoms with Crippen LogP contribution in [-0.2, 0) is 14.4 Å². The standard InChI is InChI=1S/C28H22O4/c1-2-25(29)28(32)26(30)17-24(22-15-7-11-18-9-3-5-13-20(18)22)27(31)23-16-8-12-19-10-4-6-14-21(19)23/h3-16,24H,2,17H2,1H3. The highest BCUT2D eigenvalue weighted by molar-refractivity contribution is 6.64. The highest BCUT2D eigenvalue weighted by Crippen LogP contribution is 2.33. The van der Waals surface area contributed by atoms with E-state index in [2.05, 4.69) is 0 Å². The molecule has 0 N–H and O–H groups in total. The van der Waals surface area contributed by atoms with E-state index in [1.165, 1.54) is 6.92 Å². The fourth-order valence-electron chi connectivity index (χ4n) is 4.12. The van der Waals surface area contributed by atoms with Gasteiger partial charge in [0.15, 0.2) is 5.78 Å². The Balaban J connectivity index is 1.85. The minimum Gasteiger partial charge on any atom is -0.293 e. The van der Waals surface area contributed by atoms with Gasteiger partial charge in [0.25, 0.3) is 5.78 Å². The predicted molar refractivity (Wildman–Crippen MR) is 125 cm³/mol. The van der Waals surface area contributed by atoms with Gasteiger partial charge in [-0.2, -0.15) is 0 Å². The molecule has 4 aromatic rings. The molecule has 0 aliphatic carbocycles. The molecule has 4 nitrogen and oxygen atoms in total. The van der Waals surface area contributed by atoms with Crippen LogP contribution in [0, 0.1) is 0 Å². The van der Waals surface area contributed by atoms with Crippen LogP contribution in [0.15, 0.2) is 84.9 Å². The number of carbonyl (C=O) groups excluding carboxylic acids is 4. The number of rotatable bonds is 8. The third-order valence-electron chi connectivity index (χ3n) is 5.79. The lowest BCUT2D eigenvalue weighted by Crippen LogP contribution is -2.27. The van der Waals surface area contributed by atoms with Crippen LogP contribution in [-0.4, -0.2) is 23.1 Å². The average molecular weight is 422 g/mol. The summed E-state index contributed by atoms with van der Waals surface area (Å²) in [6.07, 6.45) is -0.387. The topological polar surface area (TPSA) is 68.3 Å². The molecule has 0 bridgehead atoms. The average Bonchev–Trinajstić information content (AvgIpc) is 2.85. The molecule has 4 aromatic carbocycles. The molecule has 4 rings (SSSR count). The third-order valence-corrected chi connectivity index (χ3v) is 5.79. The second-order valence-electron chi connectivity index (χ2n) is 7.75. The summed E-state index contributed by atoms with van der Waals surface area (Å²) in [7, 11) is 0. The Labute approximate surface area is 185 Å². The van der Waals surface area contributed by atoms with E-state index in [1.807, 2.05) is 78.9 Å². The molecular weight excluding hydrogens is 400 g/mol. The van der Waals surface area contributed by atoms with E-state index in [0.717, 1.165) is 21.5 Å². The number of benzene rings is 4. The zero-order valence-electron chi connectivity index (χ0n) is 17.7. The first-order valence-corrected chi connectivity index (χ1v) is 10.6. The number of hydrogen-bond acceptors (Lipinski definition) is 4. The summed E-state index contributed by atoms with van der Waals surface area (Å²) < 4.78 is 0. The van der Waals surface area contributed by atoms with E-state index in [-0.39, 0.29) is 18.6 Å². The first-order valence-electron chi connectivity index (χ1n) is 10.6. The summed E-state index contributed by atoms with van der Waals surface area (Å²) in [6.45, 7) is 1.54. The van der Waals surface area contributed by atoms with Crippen molar-refractivity contribution >= 4 is 44.7 Å². The van der Waals surface area contributed by atoms with Gasteiger partial charge in [0, 0.05) is 18.4 Å². The van der Waals surface area contributed by atoms with Crippen molar-refractivity contribution in [1.82, 2.24) is 0 Å². The molecule has 1 atom stereocenters. The SMILES string of the molecule is CCC(=O)C(=O)C(=O)CC(C(=O)c1cccc2ccccc12)c1cccc2ccccc12. The maximum absolute atomic E-state index is 13.9.